The summed E-state index contributed by atoms with van der Waals surface area (Å²) in [4.78, 5) is 3.96. The molecular weight excluding hydrogens is 158 g/mol. The van der Waals surface area contributed by atoms with Crippen LogP contribution < -0.4 is 0 Å². The van der Waals surface area contributed by atoms with Gasteiger partial charge in [0.2, 0.25) is 0 Å². The average Bonchev–Trinajstić information content (AvgIpc) is 2.03. The predicted octanol–water partition coefficient (Wildman–Crippen LogP) is 2.85. The molecule has 0 aliphatic heterocycles. The van der Waals surface area contributed by atoms with Crippen LogP contribution in [-0.2, 0) is 6.42 Å². The molecule has 0 amide bonds. The molecule has 0 radical (unpaired) electrons. The molecule has 1 aromatic rings. The van der Waals surface area contributed by atoms with Crippen molar-refractivity contribution >= 4 is 11.6 Å². The van der Waals surface area contributed by atoms with Gasteiger partial charge in [0.25, 0.3) is 0 Å². The lowest BCUT2D eigenvalue weighted by atomic mass is 10.2. The Morgan fingerprint density at radius 1 is 1.64 bits per heavy atom. The van der Waals surface area contributed by atoms with Gasteiger partial charge in [-0.05, 0) is 24.5 Å². The van der Waals surface area contributed by atoms with E-state index in [1.165, 1.54) is 0 Å². The van der Waals surface area contributed by atoms with E-state index in [-0.39, 0.29) is 0 Å². The maximum atomic E-state index is 5.81. The van der Waals surface area contributed by atoms with E-state index in [2.05, 4.69) is 11.6 Å². The van der Waals surface area contributed by atoms with E-state index in [9.17, 15) is 0 Å². The van der Waals surface area contributed by atoms with Crippen LogP contribution in [0.2, 0.25) is 5.15 Å². The summed E-state index contributed by atoms with van der Waals surface area (Å²) < 4.78 is 0. The van der Waals surface area contributed by atoms with E-state index in [0.717, 1.165) is 18.4 Å². The van der Waals surface area contributed by atoms with Gasteiger partial charge in [-0.2, -0.15) is 0 Å². The summed E-state index contributed by atoms with van der Waals surface area (Å²) >= 11 is 5.81. The van der Waals surface area contributed by atoms with Crippen LogP contribution in [0.1, 0.15) is 12.0 Å². The molecule has 2 heteroatoms. The fraction of sp³-hybridized carbons (Fsp3) is 0.222. The monoisotopic (exact) mass is 167 g/mol. The van der Waals surface area contributed by atoms with E-state index >= 15 is 0 Å². The Bertz CT molecular complexity index is 245. The topological polar surface area (TPSA) is 12.9 Å². The van der Waals surface area contributed by atoms with E-state index in [4.69, 9.17) is 11.6 Å². The summed E-state index contributed by atoms with van der Waals surface area (Å²) in [5, 5.41) is 0.606. The van der Waals surface area contributed by atoms with Gasteiger partial charge in [0.1, 0.15) is 5.15 Å². The lowest BCUT2D eigenvalue weighted by Crippen LogP contribution is -1.86. The molecule has 1 rings (SSSR count). The number of pyridine rings is 1. The number of aromatic nitrogens is 1. The zero-order valence-corrected chi connectivity index (χ0v) is 7.01. The molecule has 0 fully saturated rings. The number of halogens is 1. The molecule has 0 N–H and O–H groups in total. The SMILES string of the molecule is C=CCCc1cccnc1Cl. The van der Waals surface area contributed by atoms with Gasteiger partial charge in [0, 0.05) is 6.20 Å². The highest BCUT2D eigenvalue weighted by Crippen LogP contribution is 2.13. The van der Waals surface area contributed by atoms with Crippen LogP contribution in [-0.4, -0.2) is 4.98 Å². The second-order valence-electron chi connectivity index (χ2n) is 2.28. The molecule has 1 aromatic heterocycles. The van der Waals surface area contributed by atoms with E-state index < -0.39 is 0 Å². The molecule has 0 spiro atoms. The first kappa shape index (κ1) is 8.28. The molecule has 0 aromatic carbocycles. The van der Waals surface area contributed by atoms with Crippen LogP contribution in [0.5, 0.6) is 0 Å². The van der Waals surface area contributed by atoms with Gasteiger partial charge in [-0.15, -0.1) is 6.58 Å². The van der Waals surface area contributed by atoms with Crippen molar-refractivity contribution in [2.24, 2.45) is 0 Å². The minimum atomic E-state index is 0.606. The van der Waals surface area contributed by atoms with E-state index in [1.807, 2.05) is 18.2 Å². The summed E-state index contributed by atoms with van der Waals surface area (Å²) in [6.07, 6.45) is 5.45. The van der Waals surface area contributed by atoms with Crippen LogP contribution in [0.4, 0.5) is 0 Å². The highest BCUT2D eigenvalue weighted by Gasteiger charge is 1.96. The minimum Gasteiger partial charge on any atom is -0.244 e. The van der Waals surface area contributed by atoms with Crippen molar-refractivity contribution < 1.29 is 0 Å². The van der Waals surface area contributed by atoms with Gasteiger partial charge in [-0.3, -0.25) is 0 Å². The summed E-state index contributed by atoms with van der Waals surface area (Å²) in [5.74, 6) is 0. The zero-order chi connectivity index (χ0) is 8.10. The third-order valence-electron chi connectivity index (χ3n) is 1.45. The Labute approximate surface area is 71.7 Å². The van der Waals surface area contributed by atoms with Crippen molar-refractivity contribution in [1.82, 2.24) is 4.98 Å². The van der Waals surface area contributed by atoms with Crippen LogP contribution >= 0.6 is 11.6 Å². The fourth-order valence-corrected chi connectivity index (χ4v) is 1.08. The lowest BCUT2D eigenvalue weighted by Gasteiger charge is -1.98. The maximum Gasteiger partial charge on any atom is 0.132 e. The molecule has 1 heterocycles. The molecule has 11 heavy (non-hydrogen) atoms. The van der Waals surface area contributed by atoms with E-state index in [1.54, 1.807) is 6.20 Å². The van der Waals surface area contributed by atoms with Crippen LogP contribution in [0.15, 0.2) is 31.0 Å². The summed E-state index contributed by atoms with van der Waals surface area (Å²) in [6, 6.07) is 3.88. The lowest BCUT2D eigenvalue weighted by molar-refractivity contribution is 0.990. The van der Waals surface area contributed by atoms with Gasteiger partial charge < -0.3 is 0 Å². The molecule has 0 aliphatic rings. The van der Waals surface area contributed by atoms with Gasteiger partial charge >= 0.3 is 0 Å². The normalized spacial score (nSPS) is 9.55. The first-order valence-corrected chi connectivity index (χ1v) is 3.92. The van der Waals surface area contributed by atoms with Gasteiger partial charge in [-0.1, -0.05) is 23.7 Å². The van der Waals surface area contributed by atoms with Crippen molar-refractivity contribution in [3.8, 4) is 0 Å². The number of hydrogen-bond acceptors (Lipinski definition) is 1. The Morgan fingerprint density at radius 3 is 3.09 bits per heavy atom. The molecule has 1 nitrogen and oxygen atoms in total. The first-order valence-electron chi connectivity index (χ1n) is 3.55. The van der Waals surface area contributed by atoms with Crippen molar-refractivity contribution in [2.45, 2.75) is 12.8 Å². The fourth-order valence-electron chi connectivity index (χ4n) is 0.863. The maximum absolute atomic E-state index is 5.81. The molecule has 0 saturated heterocycles. The standard InChI is InChI=1S/C9H10ClN/c1-2-3-5-8-6-4-7-11-9(8)10/h2,4,6-7H,1,3,5H2. The largest absolute Gasteiger partial charge is 0.244 e. The van der Waals surface area contributed by atoms with Crippen LogP contribution in [0.3, 0.4) is 0 Å². The molecule has 58 valence electrons. The van der Waals surface area contributed by atoms with Gasteiger partial charge in [0.05, 0.1) is 0 Å². The van der Waals surface area contributed by atoms with Crippen molar-refractivity contribution in [2.75, 3.05) is 0 Å². The number of aryl methyl sites for hydroxylation is 1. The number of nitrogens with zero attached hydrogens (tertiary/aromatic N) is 1. The minimum absolute atomic E-state index is 0.606. The van der Waals surface area contributed by atoms with Crippen LogP contribution in [0.25, 0.3) is 0 Å². The van der Waals surface area contributed by atoms with E-state index in [0.29, 0.717) is 5.15 Å². The van der Waals surface area contributed by atoms with Gasteiger partial charge in [-0.25, -0.2) is 4.98 Å². The Hall–Kier alpha value is -0.820. The number of allylic oxidation sites excluding steroid dienone is 1. The molecule has 0 bridgehead atoms. The van der Waals surface area contributed by atoms with Crippen molar-refractivity contribution in [3.05, 3.63) is 41.7 Å². The average molecular weight is 168 g/mol. The quantitative estimate of drug-likeness (QED) is 0.499. The Morgan fingerprint density at radius 2 is 2.45 bits per heavy atom. The highest BCUT2D eigenvalue weighted by molar-refractivity contribution is 6.30. The first-order chi connectivity index (χ1) is 5.34. The number of hydrogen-bond donors (Lipinski definition) is 0. The summed E-state index contributed by atoms with van der Waals surface area (Å²) in [5.41, 5.74) is 1.09. The number of rotatable bonds is 3. The molecular formula is C9H10ClN. The zero-order valence-electron chi connectivity index (χ0n) is 6.26. The summed E-state index contributed by atoms with van der Waals surface area (Å²) in [7, 11) is 0. The second kappa shape index (κ2) is 4.14. The highest BCUT2D eigenvalue weighted by atomic mass is 35.5. The molecule has 0 atom stereocenters. The smallest absolute Gasteiger partial charge is 0.132 e. The van der Waals surface area contributed by atoms with Crippen molar-refractivity contribution in [3.63, 3.8) is 0 Å². The summed E-state index contributed by atoms with van der Waals surface area (Å²) in [6.45, 7) is 3.64. The molecule has 0 unspecified atom stereocenters. The van der Waals surface area contributed by atoms with Crippen LogP contribution in [0, 0.1) is 0 Å². The van der Waals surface area contributed by atoms with Gasteiger partial charge in [0.15, 0.2) is 0 Å². The second-order valence-corrected chi connectivity index (χ2v) is 2.64. The Kier molecular flexibility index (Phi) is 3.12. The third-order valence-corrected chi connectivity index (χ3v) is 1.79. The third kappa shape index (κ3) is 2.35. The predicted molar refractivity (Wildman–Crippen MR) is 47.8 cm³/mol. The molecule has 0 saturated carbocycles. The van der Waals surface area contributed by atoms with Crippen molar-refractivity contribution in [1.29, 1.82) is 0 Å². The molecule has 0 aliphatic carbocycles. The Balaban J connectivity index is 2.69.